The number of carbonyl (C=O) groups is 1. The van der Waals surface area contributed by atoms with E-state index in [1.165, 1.54) is 12.1 Å². The Labute approximate surface area is 165 Å². The number of hydrogen-bond donors (Lipinski definition) is 1. The van der Waals surface area contributed by atoms with Gasteiger partial charge >= 0.3 is 0 Å². The maximum absolute atomic E-state index is 12.3. The van der Waals surface area contributed by atoms with Gasteiger partial charge in [-0.15, -0.1) is 0 Å². The van der Waals surface area contributed by atoms with Crippen LogP contribution in [0.2, 0.25) is 0 Å². The summed E-state index contributed by atoms with van der Waals surface area (Å²) < 4.78 is 25.1. The Morgan fingerprint density at radius 1 is 1.11 bits per heavy atom. The molecule has 0 saturated carbocycles. The minimum atomic E-state index is -3.33. The topological polar surface area (TPSA) is 81.1 Å². The zero-order valence-corrected chi connectivity index (χ0v) is 16.7. The number of amides is 1. The van der Waals surface area contributed by atoms with E-state index in [9.17, 15) is 13.2 Å². The maximum atomic E-state index is 12.3. The highest BCUT2D eigenvalue weighted by atomic mass is 32.2. The van der Waals surface area contributed by atoms with E-state index in [1.807, 2.05) is 48.1 Å². The number of nitrogens with zero attached hydrogens (tertiary/aromatic N) is 2. The molecule has 2 aromatic carbocycles. The average Bonchev–Trinajstić information content (AvgIpc) is 3.06. The molecule has 1 aromatic heterocycles. The fourth-order valence-electron chi connectivity index (χ4n) is 2.90. The lowest BCUT2D eigenvalue weighted by Gasteiger charge is -2.06. The highest BCUT2D eigenvalue weighted by Crippen LogP contribution is 2.14. The van der Waals surface area contributed by atoms with E-state index < -0.39 is 9.84 Å². The summed E-state index contributed by atoms with van der Waals surface area (Å²) in [5.41, 5.74) is 3.46. The van der Waals surface area contributed by atoms with E-state index in [0.29, 0.717) is 12.1 Å². The third kappa shape index (κ3) is 4.86. The Kier molecular flexibility index (Phi) is 5.94. The van der Waals surface area contributed by atoms with Crippen molar-refractivity contribution in [3.8, 4) is 5.69 Å². The van der Waals surface area contributed by atoms with Crippen LogP contribution in [0.5, 0.6) is 0 Å². The SMILES string of the molecule is Cc1nn(-c2ccccc2)cc1CCCNC(=O)c1cccc(S(C)(=O)=O)c1. The van der Waals surface area contributed by atoms with Crippen molar-refractivity contribution in [3.63, 3.8) is 0 Å². The highest BCUT2D eigenvalue weighted by molar-refractivity contribution is 7.90. The van der Waals surface area contributed by atoms with E-state index in [0.717, 1.165) is 36.0 Å². The normalized spacial score (nSPS) is 11.4. The van der Waals surface area contributed by atoms with Crippen LogP contribution in [0.15, 0.2) is 65.7 Å². The average molecular weight is 398 g/mol. The molecule has 1 N–H and O–H groups in total. The van der Waals surface area contributed by atoms with Gasteiger partial charge in [-0.25, -0.2) is 13.1 Å². The zero-order chi connectivity index (χ0) is 20.1. The summed E-state index contributed by atoms with van der Waals surface area (Å²) in [6.07, 6.45) is 4.70. The van der Waals surface area contributed by atoms with Gasteiger partial charge in [0.05, 0.1) is 16.3 Å². The van der Waals surface area contributed by atoms with Crippen LogP contribution in [0.25, 0.3) is 5.69 Å². The molecule has 1 heterocycles. The van der Waals surface area contributed by atoms with Crippen molar-refractivity contribution in [1.82, 2.24) is 15.1 Å². The van der Waals surface area contributed by atoms with Crippen molar-refractivity contribution in [2.24, 2.45) is 0 Å². The molecular formula is C21H23N3O3S. The third-order valence-electron chi connectivity index (χ3n) is 4.45. The molecule has 0 fully saturated rings. The largest absolute Gasteiger partial charge is 0.352 e. The summed E-state index contributed by atoms with van der Waals surface area (Å²) in [4.78, 5) is 12.4. The van der Waals surface area contributed by atoms with Gasteiger partial charge in [0.2, 0.25) is 0 Å². The second-order valence-electron chi connectivity index (χ2n) is 6.68. The second-order valence-corrected chi connectivity index (χ2v) is 8.70. The van der Waals surface area contributed by atoms with E-state index in [1.54, 1.807) is 12.1 Å². The summed E-state index contributed by atoms with van der Waals surface area (Å²) in [6.45, 7) is 2.47. The lowest BCUT2D eigenvalue weighted by molar-refractivity contribution is 0.0953. The number of rotatable bonds is 7. The van der Waals surface area contributed by atoms with Crippen LogP contribution in [-0.2, 0) is 16.3 Å². The Morgan fingerprint density at radius 2 is 1.86 bits per heavy atom. The van der Waals surface area contributed by atoms with Gasteiger partial charge in [0.1, 0.15) is 0 Å². The van der Waals surface area contributed by atoms with E-state index in [2.05, 4.69) is 10.4 Å². The standard InChI is InChI=1S/C21H23N3O3S/c1-16-18(15-24(23-16)19-10-4-3-5-11-19)9-7-13-22-21(25)17-8-6-12-20(14-17)28(2,26)27/h3-6,8,10-12,14-15H,7,9,13H2,1-2H3,(H,22,25). The first kappa shape index (κ1) is 19.8. The van der Waals surface area contributed by atoms with E-state index in [4.69, 9.17) is 0 Å². The van der Waals surface area contributed by atoms with Gasteiger partial charge in [0.15, 0.2) is 9.84 Å². The van der Waals surface area contributed by atoms with Crippen molar-refractivity contribution in [2.45, 2.75) is 24.7 Å². The van der Waals surface area contributed by atoms with Crippen LogP contribution in [0.1, 0.15) is 28.0 Å². The Hall–Kier alpha value is -2.93. The molecule has 28 heavy (non-hydrogen) atoms. The second kappa shape index (κ2) is 8.39. The summed E-state index contributed by atoms with van der Waals surface area (Å²) in [5.74, 6) is -0.276. The molecule has 0 saturated heterocycles. The molecule has 0 atom stereocenters. The number of sulfone groups is 1. The number of carbonyl (C=O) groups excluding carboxylic acids is 1. The minimum Gasteiger partial charge on any atom is -0.352 e. The van der Waals surface area contributed by atoms with Crippen LogP contribution in [-0.4, -0.2) is 36.9 Å². The monoisotopic (exact) mass is 397 g/mol. The molecule has 3 aromatic rings. The molecule has 0 aliphatic rings. The molecule has 6 nitrogen and oxygen atoms in total. The third-order valence-corrected chi connectivity index (χ3v) is 5.56. The van der Waals surface area contributed by atoms with Crippen LogP contribution >= 0.6 is 0 Å². The van der Waals surface area contributed by atoms with E-state index in [-0.39, 0.29) is 10.8 Å². The zero-order valence-electron chi connectivity index (χ0n) is 15.9. The number of benzene rings is 2. The number of aromatic nitrogens is 2. The van der Waals surface area contributed by atoms with Gasteiger partial charge in [0, 0.05) is 24.6 Å². The number of para-hydroxylation sites is 1. The summed E-state index contributed by atoms with van der Waals surface area (Å²) in [6, 6.07) is 16.0. The Bertz CT molecular complexity index is 1070. The van der Waals surface area contributed by atoms with Crippen molar-refractivity contribution in [1.29, 1.82) is 0 Å². The van der Waals surface area contributed by atoms with Crippen molar-refractivity contribution in [3.05, 3.63) is 77.6 Å². The summed E-state index contributed by atoms with van der Waals surface area (Å²) in [5, 5.41) is 7.39. The van der Waals surface area contributed by atoms with Crippen LogP contribution in [0, 0.1) is 6.92 Å². The van der Waals surface area contributed by atoms with Gasteiger partial charge in [-0.05, 0) is 55.7 Å². The first-order chi connectivity index (χ1) is 13.3. The predicted octanol–water partition coefficient (Wildman–Crippen LogP) is 2.95. The smallest absolute Gasteiger partial charge is 0.251 e. The molecule has 0 spiro atoms. The Balaban J connectivity index is 1.55. The quantitative estimate of drug-likeness (QED) is 0.622. The molecule has 0 aliphatic carbocycles. The van der Waals surface area contributed by atoms with Gasteiger partial charge in [-0.3, -0.25) is 4.79 Å². The lowest BCUT2D eigenvalue weighted by atomic mass is 10.1. The van der Waals surface area contributed by atoms with Gasteiger partial charge in [0.25, 0.3) is 5.91 Å². The lowest BCUT2D eigenvalue weighted by Crippen LogP contribution is -2.25. The molecule has 146 valence electrons. The Morgan fingerprint density at radius 3 is 2.57 bits per heavy atom. The van der Waals surface area contributed by atoms with Crippen molar-refractivity contribution >= 4 is 15.7 Å². The fourth-order valence-corrected chi connectivity index (χ4v) is 3.57. The predicted molar refractivity (Wildman–Crippen MR) is 109 cm³/mol. The van der Waals surface area contributed by atoms with Crippen molar-refractivity contribution < 1.29 is 13.2 Å². The number of aryl methyl sites for hydroxylation is 2. The van der Waals surface area contributed by atoms with Gasteiger partial charge in [-0.2, -0.15) is 5.10 Å². The molecule has 0 radical (unpaired) electrons. The molecule has 0 bridgehead atoms. The van der Waals surface area contributed by atoms with Crippen LogP contribution in [0.4, 0.5) is 0 Å². The van der Waals surface area contributed by atoms with Gasteiger partial charge < -0.3 is 5.32 Å². The van der Waals surface area contributed by atoms with Gasteiger partial charge in [-0.1, -0.05) is 24.3 Å². The minimum absolute atomic E-state index is 0.143. The molecule has 1 amide bonds. The number of hydrogen-bond acceptors (Lipinski definition) is 4. The molecule has 7 heteroatoms. The molecule has 0 aliphatic heterocycles. The first-order valence-electron chi connectivity index (χ1n) is 9.03. The first-order valence-corrected chi connectivity index (χ1v) is 10.9. The highest BCUT2D eigenvalue weighted by Gasteiger charge is 2.12. The van der Waals surface area contributed by atoms with Crippen LogP contribution in [0.3, 0.4) is 0 Å². The molecule has 0 unspecified atom stereocenters. The van der Waals surface area contributed by atoms with Crippen LogP contribution < -0.4 is 5.32 Å². The summed E-state index contributed by atoms with van der Waals surface area (Å²) >= 11 is 0. The fraction of sp³-hybridized carbons (Fsp3) is 0.238. The molecular weight excluding hydrogens is 374 g/mol. The van der Waals surface area contributed by atoms with E-state index >= 15 is 0 Å². The van der Waals surface area contributed by atoms with Crippen molar-refractivity contribution in [2.75, 3.05) is 12.8 Å². The maximum Gasteiger partial charge on any atom is 0.251 e. The molecule has 3 rings (SSSR count). The summed E-state index contributed by atoms with van der Waals surface area (Å²) in [7, 11) is -3.33. The number of nitrogens with one attached hydrogen (secondary N) is 1.